The van der Waals surface area contributed by atoms with Gasteiger partial charge in [0.25, 0.3) is 0 Å². The molecular weight excluding hydrogens is 428 g/mol. The number of phenolic OH excluding ortho intramolecular Hbond substituents is 2. The molecule has 12 heteroatoms. The lowest BCUT2D eigenvalue weighted by atomic mass is 10.1. The van der Waals surface area contributed by atoms with Gasteiger partial charge in [-0.1, -0.05) is 0 Å². The van der Waals surface area contributed by atoms with Crippen LogP contribution in [0, 0.1) is 0 Å². The van der Waals surface area contributed by atoms with Crippen LogP contribution in [0.3, 0.4) is 0 Å². The van der Waals surface area contributed by atoms with Gasteiger partial charge in [0, 0.05) is 24.2 Å². The lowest BCUT2D eigenvalue weighted by Crippen LogP contribution is -2.11. The number of phenols is 2. The highest BCUT2D eigenvalue weighted by Gasteiger charge is 2.11. The largest absolute Gasteiger partial charge is 0.508 e. The van der Waals surface area contributed by atoms with E-state index in [1.54, 1.807) is 0 Å². The van der Waals surface area contributed by atoms with E-state index in [9.17, 15) is 29.4 Å². The summed E-state index contributed by atoms with van der Waals surface area (Å²) in [7, 11) is 0. The van der Waals surface area contributed by atoms with Crippen molar-refractivity contribution >= 4 is 23.9 Å². The topological polar surface area (TPSA) is 242 Å². The number of benzene rings is 2. The van der Waals surface area contributed by atoms with Crippen molar-refractivity contribution in [1.82, 2.24) is 0 Å². The number of nitrogens with two attached hydrogens (primary N) is 2. The molecule has 0 aliphatic heterocycles. The van der Waals surface area contributed by atoms with Crippen LogP contribution in [0.25, 0.3) is 0 Å². The Balaban J connectivity index is 0.000000515. The molecule has 0 unspecified atom stereocenters. The molecule has 2 aromatic carbocycles. The van der Waals surface area contributed by atoms with Gasteiger partial charge in [0.15, 0.2) is 0 Å². The van der Waals surface area contributed by atoms with Gasteiger partial charge >= 0.3 is 23.9 Å². The van der Waals surface area contributed by atoms with E-state index in [0.717, 1.165) is 12.1 Å². The van der Waals surface area contributed by atoms with Gasteiger partial charge in [0.1, 0.15) is 11.5 Å². The molecule has 0 radical (unpaired) electrons. The highest BCUT2D eigenvalue weighted by molar-refractivity contribution is 5.89. The zero-order chi connectivity index (χ0) is 24.8. The molecular formula is C20H24N2O10. The van der Waals surface area contributed by atoms with E-state index in [1.807, 2.05) is 0 Å². The highest BCUT2D eigenvalue weighted by Crippen LogP contribution is 2.20. The smallest absolute Gasteiger partial charge is 0.335 e. The van der Waals surface area contributed by atoms with E-state index < -0.39 is 36.7 Å². The van der Waals surface area contributed by atoms with Crippen molar-refractivity contribution in [3.8, 4) is 11.5 Å². The summed E-state index contributed by atoms with van der Waals surface area (Å²) in [6, 6.07) is 7.05. The molecule has 174 valence electrons. The zero-order valence-corrected chi connectivity index (χ0v) is 16.8. The molecule has 0 fully saturated rings. The molecule has 0 atom stereocenters. The molecule has 12 nitrogen and oxygen atoms in total. The molecule has 0 aliphatic carbocycles. The van der Waals surface area contributed by atoms with Crippen molar-refractivity contribution < 1.29 is 49.8 Å². The number of hydrogen-bond donors (Lipinski definition) is 8. The second kappa shape index (κ2) is 14.0. The van der Waals surface area contributed by atoms with E-state index in [4.69, 9.17) is 31.9 Å². The van der Waals surface area contributed by atoms with Crippen LogP contribution < -0.4 is 11.5 Å². The quantitative estimate of drug-likeness (QED) is 0.283. The number of carboxylic acid groups (broad SMARTS) is 4. The van der Waals surface area contributed by atoms with Crippen LogP contribution >= 0.6 is 0 Å². The Morgan fingerprint density at radius 2 is 0.938 bits per heavy atom. The number of aliphatic carboxylic acids is 2. The molecule has 0 aromatic heterocycles. The molecule has 0 spiro atoms. The summed E-state index contributed by atoms with van der Waals surface area (Å²) in [6.07, 6.45) is -0.792. The first-order valence-corrected chi connectivity index (χ1v) is 8.86. The average molecular weight is 452 g/mol. The number of rotatable bonds is 7. The Bertz CT molecular complexity index is 882. The van der Waals surface area contributed by atoms with Crippen molar-refractivity contribution in [3.05, 3.63) is 58.7 Å². The SMILES string of the molecule is NCCN.O=C(O)Cc1cc(C(=O)O)ccc1O.O=C(O)Cc1cc(C(=O)O)ccc1O. The summed E-state index contributed by atoms with van der Waals surface area (Å²) in [4.78, 5) is 41.7. The Morgan fingerprint density at radius 1 is 0.625 bits per heavy atom. The summed E-state index contributed by atoms with van der Waals surface area (Å²) < 4.78 is 0. The van der Waals surface area contributed by atoms with Crippen LogP contribution in [0.15, 0.2) is 36.4 Å². The van der Waals surface area contributed by atoms with Gasteiger partial charge in [-0.25, -0.2) is 9.59 Å². The van der Waals surface area contributed by atoms with Gasteiger partial charge in [-0.2, -0.15) is 0 Å². The molecule has 10 N–H and O–H groups in total. The van der Waals surface area contributed by atoms with Gasteiger partial charge in [-0.05, 0) is 36.4 Å². The molecule has 0 bridgehead atoms. The molecule has 0 heterocycles. The maximum Gasteiger partial charge on any atom is 0.335 e. The van der Waals surface area contributed by atoms with E-state index >= 15 is 0 Å². The van der Waals surface area contributed by atoms with Gasteiger partial charge in [0.05, 0.1) is 24.0 Å². The van der Waals surface area contributed by atoms with Crippen LogP contribution in [0.5, 0.6) is 11.5 Å². The monoisotopic (exact) mass is 452 g/mol. The predicted molar refractivity (Wildman–Crippen MR) is 111 cm³/mol. The summed E-state index contributed by atoms with van der Waals surface area (Å²) in [5, 5.41) is 52.6. The van der Waals surface area contributed by atoms with E-state index in [-0.39, 0.29) is 33.8 Å². The van der Waals surface area contributed by atoms with E-state index in [2.05, 4.69) is 0 Å². The van der Waals surface area contributed by atoms with Gasteiger partial charge in [-0.3, -0.25) is 9.59 Å². The van der Waals surface area contributed by atoms with Crippen LogP contribution in [-0.4, -0.2) is 67.6 Å². The van der Waals surface area contributed by atoms with Gasteiger partial charge < -0.3 is 42.1 Å². The normalized spacial score (nSPS) is 9.44. The molecule has 0 saturated heterocycles. The fourth-order valence-corrected chi connectivity index (χ4v) is 2.05. The Labute approximate surface area is 182 Å². The Morgan fingerprint density at radius 3 is 1.16 bits per heavy atom. The lowest BCUT2D eigenvalue weighted by molar-refractivity contribution is -0.137. The van der Waals surface area contributed by atoms with Crippen LogP contribution in [0.2, 0.25) is 0 Å². The van der Waals surface area contributed by atoms with Crippen molar-refractivity contribution in [2.75, 3.05) is 13.1 Å². The van der Waals surface area contributed by atoms with Crippen molar-refractivity contribution in [2.45, 2.75) is 12.8 Å². The van der Waals surface area contributed by atoms with Crippen LogP contribution in [0.1, 0.15) is 31.8 Å². The molecule has 0 saturated carbocycles. The fraction of sp³-hybridized carbons (Fsp3) is 0.200. The van der Waals surface area contributed by atoms with Crippen molar-refractivity contribution in [1.29, 1.82) is 0 Å². The van der Waals surface area contributed by atoms with Gasteiger partial charge in [0.2, 0.25) is 0 Å². The van der Waals surface area contributed by atoms with E-state index in [1.165, 1.54) is 24.3 Å². The molecule has 0 aliphatic rings. The summed E-state index contributed by atoms with van der Waals surface area (Å²) >= 11 is 0. The predicted octanol–water partition coefficient (Wildman–Crippen LogP) is 0.339. The summed E-state index contributed by atoms with van der Waals surface area (Å²) in [6.45, 7) is 1.19. The third-order valence-corrected chi connectivity index (χ3v) is 3.50. The second-order valence-electron chi connectivity index (χ2n) is 6.02. The minimum Gasteiger partial charge on any atom is -0.508 e. The number of hydrogen-bond acceptors (Lipinski definition) is 8. The van der Waals surface area contributed by atoms with Crippen molar-refractivity contribution in [2.24, 2.45) is 11.5 Å². The lowest BCUT2D eigenvalue weighted by Gasteiger charge is -2.02. The number of carbonyl (C=O) groups is 4. The maximum absolute atomic E-state index is 10.5. The third-order valence-electron chi connectivity index (χ3n) is 3.50. The molecule has 2 rings (SSSR count). The number of aromatic hydroxyl groups is 2. The highest BCUT2D eigenvalue weighted by atomic mass is 16.4. The first kappa shape index (κ1) is 27.8. The maximum atomic E-state index is 10.5. The zero-order valence-electron chi connectivity index (χ0n) is 16.8. The minimum absolute atomic E-state index is 0.0425. The third kappa shape index (κ3) is 10.6. The van der Waals surface area contributed by atoms with E-state index in [0.29, 0.717) is 13.1 Å². The fourth-order valence-electron chi connectivity index (χ4n) is 2.05. The average Bonchev–Trinajstić information content (AvgIpc) is 2.71. The standard InChI is InChI=1S/2C9H8O5.C2H8N2/c2*10-7-2-1-5(9(13)14)3-6(7)4-8(11)12;3-1-2-4/h2*1-3,10H,4H2,(H,11,12)(H,13,14);1-4H2. The van der Waals surface area contributed by atoms with Crippen LogP contribution in [0.4, 0.5) is 0 Å². The first-order valence-electron chi connectivity index (χ1n) is 8.86. The molecule has 0 amide bonds. The minimum atomic E-state index is -1.16. The summed E-state index contributed by atoms with van der Waals surface area (Å²) in [5.74, 6) is -4.98. The summed E-state index contributed by atoms with van der Waals surface area (Å²) in [5.41, 5.74) is 9.91. The number of aromatic carboxylic acids is 2. The first-order chi connectivity index (χ1) is 14.9. The number of carboxylic acids is 4. The van der Waals surface area contributed by atoms with Gasteiger partial charge in [-0.15, -0.1) is 0 Å². The molecule has 2 aromatic rings. The Kier molecular flexibility index (Phi) is 12.1. The van der Waals surface area contributed by atoms with Crippen LogP contribution in [-0.2, 0) is 22.4 Å². The molecule has 32 heavy (non-hydrogen) atoms. The Hall–Kier alpha value is -4.16. The van der Waals surface area contributed by atoms with Crippen molar-refractivity contribution in [3.63, 3.8) is 0 Å². The second-order valence-corrected chi connectivity index (χ2v) is 6.02.